The minimum atomic E-state index is -0.430. The van der Waals surface area contributed by atoms with Crippen LogP contribution in [-0.4, -0.2) is 18.8 Å². The van der Waals surface area contributed by atoms with Crippen molar-refractivity contribution in [3.63, 3.8) is 0 Å². The van der Waals surface area contributed by atoms with Gasteiger partial charge in [-0.15, -0.1) is 0 Å². The van der Waals surface area contributed by atoms with Crippen molar-refractivity contribution in [1.29, 1.82) is 0 Å². The quantitative estimate of drug-likeness (QED) is 0.497. The number of methoxy groups -OCH3 is 1. The molecule has 1 aliphatic rings. The molecule has 0 radical (unpaired) electrons. The summed E-state index contributed by atoms with van der Waals surface area (Å²) in [5, 5.41) is 13.2. The van der Waals surface area contributed by atoms with Crippen molar-refractivity contribution in [1.82, 2.24) is 0 Å². The summed E-state index contributed by atoms with van der Waals surface area (Å²) < 4.78 is 21.9. The van der Waals surface area contributed by atoms with E-state index in [1.54, 1.807) is 7.11 Å². The Morgan fingerprint density at radius 1 is 1.07 bits per heavy atom. The first kappa shape index (κ1) is 17.1. The van der Waals surface area contributed by atoms with Crippen molar-refractivity contribution in [2.45, 2.75) is 13.2 Å². The van der Waals surface area contributed by atoms with Gasteiger partial charge in [-0.2, -0.15) is 0 Å². The molecular weight excluding hydrogens is 350 g/mol. The van der Waals surface area contributed by atoms with E-state index in [4.69, 9.17) is 18.9 Å². The molecule has 0 unspecified atom stereocenters. The minimum absolute atomic E-state index is 0.00954. The number of rotatable bonds is 5. The van der Waals surface area contributed by atoms with E-state index in [0.29, 0.717) is 22.6 Å². The summed E-state index contributed by atoms with van der Waals surface area (Å²) in [7, 11) is 1.62. The highest BCUT2D eigenvalue weighted by Gasteiger charge is 2.21. The van der Waals surface area contributed by atoms with Gasteiger partial charge >= 0.3 is 0 Å². The van der Waals surface area contributed by atoms with Crippen molar-refractivity contribution in [2.75, 3.05) is 13.9 Å². The molecule has 0 N–H and O–H groups in total. The monoisotopic (exact) mass is 367 g/mol. The third kappa shape index (κ3) is 3.50. The molecule has 138 valence electrons. The Balaban J connectivity index is 1.62. The maximum Gasteiger partial charge on any atom is 0.270 e. The zero-order chi connectivity index (χ0) is 18.8. The van der Waals surface area contributed by atoms with E-state index in [9.17, 15) is 10.1 Å². The fourth-order valence-electron chi connectivity index (χ4n) is 3.07. The third-order valence-electron chi connectivity index (χ3n) is 4.40. The lowest BCUT2D eigenvalue weighted by atomic mass is 10.1. The molecule has 0 bridgehead atoms. The van der Waals surface area contributed by atoms with E-state index in [1.165, 1.54) is 12.1 Å². The van der Waals surface area contributed by atoms with Crippen molar-refractivity contribution in [2.24, 2.45) is 0 Å². The number of non-ortho nitro benzene ring substituents is 1. The smallest absolute Gasteiger partial charge is 0.270 e. The van der Waals surface area contributed by atoms with E-state index in [0.717, 1.165) is 16.5 Å². The molecule has 0 amide bonds. The Morgan fingerprint density at radius 2 is 1.85 bits per heavy atom. The summed E-state index contributed by atoms with van der Waals surface area (Å²) in [6, 6.07) is 14.5. The highest BCUT2D eigenvalue weighted by atomic mass is 16.7. The van der Waals surface area contributed by atoms with Crippen molar-refractivity contribution >= 4 is 16.5 Å². The van der Waals surface area contributed by atoms with Gasteiger partial charge < -0.3 is 18.9 Å². The van der Waals surface area contributed by atoms with Gasteiger partial charge in [0.2, 0.25) is 0 Å². The first-order valence-corrected chi connectivity index (χ1v) is 8.35. The Morgan fingerprint density at radius 3 is 2.63 bits per heavy atom. The Hall–Kier alpha value is -3.32. The molecule has 0 aliphatic carbocycles. The number of nitro groups is 1. The van der Waals surface area contributed by atoms with Crippen molar-refractivity contribution in [3.05, 3.63) is 69.8 Å². The molecule has 0 atom stereocenters. The molecule has 4 rings (SSSR count). The SMILES string of the molecule is COc1ccc2ccc(OCc3cc([N+](=O)[O-])cc4c3OCOC4)cc2c1. The van der Waals surface area contributed by atoms with Gasteiger partial charge in [-0.3, -0.25) is 10.1 Å². The highest BCUT2D eigenvalue weighted by molar-refractivity contribution is 5.85. The molecule has 7 heteroatoms. The van der Waals surface area contributed by atoms with Crippen LogP contribution in [0.3, 0.4) is 0 Å². The first-order valence-electron chi connectivity index (χ1n) is 8.35. The van der Waals surface area contributed by atoms with E-state index >= 15 is 0 Å². The van der Waals surface area contributed by atoms with Crippen LogP contribution in [0, 0.1) is 10.1 Å². The maximum absolute atomic E-state index is 11.2. The molecule has 0 aromatic heterocycles. The lowest BCUT2D eigenvalue weighted by molar-refractivity contribution is -0.385. The summed E-state index contributed by atoms with van der Waals surface area (Å²) in [4.78, 5) is 10.8. The Bertz CT molecular complexity index is 1020. The van der Waals surface area contributed by atoms with E-state index < -0.39 is 4.92 Å². The fourth-order valence-corrected chi connectivity index (χ4v) is 3.07. The third-order valence-corrected chi connectivity index (χ3v) is 4.40. The van der Waals surface area contributed by atoms with Gasteiger partial charge in [0, 0.05) is 23.3 Å². The number of hydrogen-bond acceptors (Lipinski definition) is 6. The van der Waals surface area contributed by atoms with Crippen LogP contribution in [0.4, 0.5) is 5.69 Å². The van der Waals surface area contributed by atoms with Crippen LogP contribution in [0.5, 0.6) is 17.2 Å². The van der Waals surface area contributed by atoms with Crippen LogP contribution >= 0.6 is 0 Å². The van der Waals surface area contributed by atoms with Gasteiger partial charge in [0.25, 0.3) is 5.69 Å². The highest BCUT2D eigenvalue weighted by Crippen LogP contribution is 2.33. The molecule has 7 nitrogen and oxygen atoms in total. The molecule has 0 saturated carbocycles. The number of nitrogens with zero attached hydrogens (tertiary/aromatic N) is 1. The molecular formula is C20H17NO6. The van der Waals surface area contributed by atoms with Crippen LogP contribution in [0.25, 0.3) is 10.8 Å². The van der Waals surface area contributed by atoms with Gasteiger partial charge in [-0.25, -0.2) is 0 Å². The molecule has 0 spiro atoms. The number of hydrogen-bond donors (Lipinski definition) is 0. The predicted octanol–water partition coefficient (Wildman–Crippen LogP) is 4.20. The normalized spacial score (nSPS) is 12.9. The van der Waals surface area contributed by atoms with Gasteiger partial charge in [0.15, 0.2) is 6.79 Å². The molecule has 0 saturated heterocycles. The number of fused-ring (bicyclic) bond motifs is 2. The standard InChI is InChI=1S/C20H17NO6/c1-24-18-4-2-13-3-5-19(9-14(13)8-18)26-11-16-7-17(21(22)23)6-15-10-25-12-27-20(15)16/h2-9H,10-12H2,1H3. The zero-order valence-corrected chi connectivity index (χ0v) is 14.6. The van der Waals surface area contributed by atoms with Crippen molar-refractivity contribution in [3.8, 4) is 17.2 Å². The number of benzene rings is 3. The summed E-state index contributed by atoms with van der Waals surface area (Å²) in [6.45, 7) is 0.548. The fraction of sp³-hybridized carbons (Fsp3) is 0.200. The van der Waals surface area contributed by atoms with E-state index in [1.807, 2.05) is 36.4 Å². The summed E-state index contributed by atoms with van der Waals surface area (Å²) in [5.41, 5.74) is 1.26. The second-order valence-electron chi connectivity index (χ2n) is 6.12. The van der Waals surface area contributed by atoms with Crippen LogP contribution in [0.1, 0.15) is 11.1 Å². The number of nitro benzene ring substituents is 1. The van der Waals surface area contributed by atoms with Crippen LogP contribution < -0.4 is 14.2 Å². The summed E-state index contributed by atoms with van der Waals surface area (Å²) >= 11 is 0. The van der Waals surface area contributed by atoms with Gasteiger partial charge in [-0.05, 0) is 35.0 Å². The Labute approximate surface area is 155 Å². The largest absolute Gasteiger partial charge is 0.497 e. The topological polar surface area (TPSA) is 80.1 Å². The summed E-state index contributed by atoms with van der Waals surface area (Å²) in [6.07, 6.45) is 0. The molecule has 0 fully saturated rings. The molecule has 1 heterocycles. The van der Waals surface area contributed by atoms with Crippen LogP contribution in [-0.2, 0) is 18.0 Å². The van der Waals surface area contributed by atoms with Gasteiger partial charge in [0.05, 0.1) is 18.6 Å². The zero-order valence-electron chi connectivity index (χ0n) is 14.6. The average Bonchev–Trinajstić information content (AvgIpc) is 2.71. The summed E-state index contributed by atoms with van der Waals surface area (Å²) in [5.74, 6) is 2.01. The van der Waals surface area contributed by atoms with Crippen LogP contribution in [0.15, 0.2) is 48.5 Å². The van der Waals surface area contributed by atoms with Gasteiger partial charge in [-0.1, -0.05) is 12.1 Å². The predicted molar refractivity (Wildman–Crippen MR) is 98.2 cm³/mol. The molecule has 27 heavy (non-hydrogen) atoms. The van der Waals surface area contributed by atoms with Crippen LogP contribution in [0.2, 0.25) is 0 Å². The minimum Gasteiger partial charge on any atom is -0.497 e. The Kier molecular flexibility index (Phi) is 4.52. The lowest BCUT2D eigenvalue weighted by Crippen LogP contribution is -2.14. The maximum atomic E-state index is 11.2. The van der Waals surface area contributed by atoms with Crippen molar-refractivity contribution < 1.29 is 23.9 Å². The second kappa shape index (κ2) is 7.13. The molecule has 1 aliphatic heterocycles. The second-order valence-corrected chi connectivity index (χ2v) is 6.12. The average molecular weight is 367 g/mol. The van der Waals surface area contributed by atoms with E-state index in [-0.39, 0.29) is 25.7 Å². The molecule has 3 aromatic carbocycles. The first-order chi connectivity index (χ1) is 13.1. The van der Waals surface area contributed by atoms with E-state index in [2.05, 4.69) is 0 Å². The molecule has 3 aromatic rings. The number of ether oxygens (including phenoxy) is 4. The van der Waals surface area contributed by atoms with Gasteiger partial charge in [0.1, 0.15) is 23.9 Å². The lowest BCUT2D eigenvalue weighted by Gasteiger charge is -2.20.